The third-order valence-electron chi connectivity index (χ3n) is 2.86. The van der Waals surface area contributed by atoms with Crippen molar-refractivity contribution in [2.24, 2.45) is 0 Å². The van der Waals surface area contributed by atoms with E-state index in [9.17, 15) is 9.90 Å². The zero-order valence-electron chi connectivity index (χ0n) is 11.5. The summed E-state index contributed by atoms with van der Waals surface area (Å²) in [5, 5.41) is 12.7. The van der Waals surface area contributed by atoms with Crippen molar-refractivity contribution in [3.05, 3.63) is 59.1 Å². The van der Waals surface area contributed by atoms with Gasteiger partial charge in [0.2, 0.25) is 0 Å². The van der Waals surface area contributed by atoms with E-state index in [2.05, 4.69) is 5.32 Å². The maximum atomic E-state index is 11.7. The summed E-state index contributed by atoms with van der Waals surface area (Å²) in [5.41, 5.74) is 1.46. The topological polar surface area (TPSA) is 58.6 Å². The van der Waals surface area contributed by atoms with Gasteiger partial charge in [-0.2, -0.15) is 0 Å². The molecule has 1 amide bonds. The number of rotatable bonds is 5. The molecular weight excluding hydrogens is 290 g/mol. The summed E-state index contributed by atoms with van der Waals surface area (Å²) in [6, 6.07) is 13.8. The van der Waals surface area contributed by atoms with Crippen molar-refractivity contribution in [1.29, 1.82) is 0 Å². The van der Waals surface area contributed by atoms with Gasteiger partial charge in [-0.3, -0.25) is 4.79 Å². The van der Waals surface area contributed by atoms with Gasteiger partial charge in [-0.1, -0.05) is 23.7 Å². The molecule has 5 heteroatoms. The van der Waals surface area contributed by atoms with Gasteiger partial charge in [0.05, 0.1) is 6.10 Å². The quantitative estimate of drug-likeness (QED) is 0.890. The van der Waals surface area contributed by atoms with E-state index in [1.54, 1.807) is 55.5 Å². The number of carbonyl (C=O) groups excluding carboxylic acids is 1. The van der Waals surface area contributed by atoms with E-state index in [4.69, 9.17) is 16.3 Å². The first-order chi connectivity index (χ1) is 10.0. The summed E-state index contributed by atoms with van der Waals surface area (Å²) in [7, 11) is 0. The Morgan fingerprint density at radius 3 is 2.38 bits per heavy atom. The molecule has 2 aromatic carbocycles. The van der Waals surface area contributed by atoms with Crippen LogP contribution in [0.4, 0.5) is 5.69 Å². The van der Waals surface area contributed by atoms with E-state index in [1.165, 1.54) is 0 Å². The third-order valence-corrected chi connectivity index (χ3v) is 3.11. The van der Waals surface area contributed by atoms with Crippen molar-refractivity contribution in [2.75, 3.05) is 11.9 Å². The smallest absolute Gasteiger partial charge is 0.262 e. The van der Waals surface area contributed by atoms with Crippen LogP contribution in [0, 0.1) is 0 Å². The second kappa shape index (κ2) is 7.11. The fraction of sp³-hybridized carbons (Fsp3) is 0.188. The van der Waals surface area contributed by atoms with Crippen LogP contribution in [0.3, 0.4) is 0 Å². The molecule has 0 aliphatic carbocycles. The number of hydrogen-bond donors (Lipinski definition) is 2. The van der Waals surface area contributed by atoms with Crippen LogP contribution in [0.1, 0.15) is 18.6 Å². The van der Waals surface area contributed by atoms with E-state index in [1.807, 2.05) is 0 Å². The average Bonchev–Trinajstić information content (AvgIpc) is 2.48. The number of nitrogens with one attached hydrogen (secondary N) is 1. The molecule has 0 saturated carbocycles. The highest BCUT2D eigenvalue weighted by Crippen LogP contribution is 2.17. The predicted molar refractivity (Wildman–Crippen MR) is 82.7 cm³/mol. The Kier molecular flexibility index (Phi) is 5.20. The summed E-state index contributed by atoms with van der Waals surface area (Å²) in [6.07, 6.45) is -0.521. The summed E-state index contributed by atoms with van der Waals surface area (Å²) < 4.78 is 5.38. The molecule has 4 nitrogen and oxygen atoms in total. The standard InChI is InChI=1S/C16H16ClNO3/c1-11(19)12-2-8-15(9-3-12)21-10-16(20)18-14-6-4-13(17)5-7-14/h2-9,11,19H,10H2,1H3,(H,18,20)/t11-/m1/s1. The fourth-order valence-corrected chi connectivity index (χ4v) is 1.85. The molecule has 110 valence electrons. The van der Waals surface area contributed by atoms with Crippen LogP contribution in [-0.2, 0) is 4.79 Å². The zero-order valence-corrected chi connectivity index (χ0v) is 12.3. The molecule has 0 aliphatic heterocycles. The molecule has 0 radical (unpaired) electrons. The van der Waals surface area contributed by atoms with Gasteiger partial charge in [0.15, 0.2) is 6.61 Å². The molecule has 21 heavy (non-hydrogen) atoms. The highest BCUT2D eigenvalue weighted by atomic mass is 35.5. The number of halogens is 1. The molecule has 0 spiro atoms. The minimum absolute atomic E-state index is 0.0867. The van der Waals surface area contributed by atoms with Crippen molar-refractivity contribution in [3.63, 3.8) is 0 Å². The second-order valence-electron chi connectivity index (χ2n) is 4.59. The average molecular weight is 306 g/mol. The van der Waals surface area contributed by atoms with Crippen molar-refractivity contribution in [2.45, 2.75) is 13.0 Å². The molecule has 2 N–H and O–H groups in total. The number of aliphatic hydroxyl groups excluding tert-OH is 1. The van der Waals surface area contributed by atoms with Crippen molar-refractivity contribution in [1.82, 2.24) is 0 Å². The Bertz CT molecular complexity index is 594. The fourth-order valence-electron chi connectivity index (χ4n) is 1.72. The number of hydrogen-bond acceptors (Lipinski definition) is 3. The maximum Gasteiger partial charge on any atom is 0.262 e. The highest BCUT2D eigenvalue weighted by Gasteiger charge is 2.05. The molecule has 2 aromatic rings. The molecule has 0 saturated heterocycles. The Morgan fingerprint density at radius 2 is 1.81 bits per heavy atom. The summed E-state index contributed by atoms with van der Waals surface area (Å²) in [5.74, 6) is 0.322. The Morgan fingerprint density at radius 1 is 1.19 bits per heavy atom. The lowest BCUT2D eigenvalue weighted by Crippen LogP contribution is -2.20. The summed E-state index contributed by atoms with van der Waals surface area (Å²) in [6.45, 7) is 1.60. The molecule has 1 atom stereocenters. The second-order valence-corrected chi connectivity index (χ2v) is 5.03. The first-order valence-electron chi connectivity index (χ1n) is 6.51. The molecule has 0 bridgehead atoms. The van der Waals surface area contributed by atoms with Crippen molar-refractivity contribution in [3.8, 4) is 5.75 Å². The third kappa shape index (κ3) is 4.77. The molecule has 0 heterocycles. The van der Waals surface area contributed by atoms with Gasteiger partial charge in [0.25, 0.3) is 5.91 Å². The SMILES string of the molecule is C[C@@H](O)c1ccc(OCC(=O)Nc2ccc(Cl)cc2)cc1. The first kappa shape index (κ1) is 15.4. The van der Waals surface area contributed by atoms with Crippen LogP contribution in [0.2, 0.25) is 5.02 Å². The zero-order chi connectivity index (χ0) is 15.2. The van der Waals surface area contributed by atoms with Gasteiger partial charge in [-0.05, 0) is 48.9 Å². The lowest BCUT2D eigenvalue weighted by molar-refractivity contribution is -0.118. The first-order valence-corrected chi connectivity index (χ1v) is 6.88. The number of carbonyl (C=O) groups is 1. The predicted octanol–water partition coefficient (Wildman–Crippen LogP) is 3.41. The van der Waals surface area contributed by atoms with E-state index >= 15 is 0 Å². The van der Waals surface area contributed by atoms with Gasteiger partial charge >= 0.3 is 0 Å². The molecular formula is C16H16ClNO3. The highest BCUT2D eigenvalue weighted by molar-refractivity contribution is 6.30. The monoisotopic (exact) mass is 305 g/mol. The summed E-state index contributed by atoms with van der Waals surface area (Å²) in [4.78, 5) is 11.7. The van der Waals surface area contributed by atoms with Gasteiger partial charge < -0.3 is 15.2 Å². The minimum Gasteiger partial charge on any atom is -0.484 e. The number of aliphatic hydroxyl groups is 1. The van der Waals surface area contributed by atoms with E-state index in [0.29, 0.717) is 16.5 Å². The maximum absolute atomic E-state index is 11.7. The van der Waals surface area contributed by atoms with E-state index < -0.39 is 6.10 Å². The Balaban J connectivity index is 1.84. The lowest BCUT2D eigenvalue weighted by Gasteiger charge is -2.09. The van der Waals surface area contributed by atoms with E-state index in [0.717, 1.165) is 5.56 Å². The minimum atomic E-state index is -0.521. The van der Waals surface area contributed by atoms with Crippen LogP contribution in [0.5, 0.6) is 5.75 Å². The van der Waals surface area contributed by atoms with Crippen LogP contribution < -0.4 is 10.1 Å². The Labute approximate surface area is 128 Å². The van der Waals surface area contributed by atoms with Crippen molar-refractivity contribution < 1.29 is 14.6 Å². The summed E-state index contributed by atoms with van der Waals surface area (Å²) >= 11 is 5.77. The van der Waals surface area contributed by atoms with Crippen molar-refractivity contribution >= 4 is 23.2 Å². The number of benzene rings is 2. The van der Waals surface area contributed by atoms with Crippen LogP contribution in [0.15, 0.2) is 48.5 Å². The van der Waals surface area contributed by atoms with Crippen LogP contribution in [0.25, 0.3) is 0 Å². The molecule has 0 fully saturated rings. The van der Waals surface area contributed by atoms with Gasteiger partial charge in [0.1, 0.15) is 5.75 Å². The lowest BCUT2D eigenvalue weighted by atomic mass is 10.1. The number of ether oxygens (including phenoxy) is 1. The number of amides is 1. The van der Waals surface area contributed by atoms with Gasteiger partial charge in [0, 0.05) is 10.7 Å². The number of anilines is 1. The molecule has 2 rings (SSSR count). The van der Waals surface area contributed by atoms with Crippen LogP contribution in [-0.4, -0.2) is 17.6 Å². The van der Waals surface area contributed by atoms with Crippen LogP contribution >= 0.6 is 11.6 Å². The van der Waals surface area contributed by atoms with Gasteiger partial charge in [-0.25, -0.2) is 0 Å². The van der Waals surface area contributed by atoms with Gasteiger partial charge in [-0.15, -0.1) is 0 Å². The molecule has 0 aliphatic rings. The normalized spacial score (nSPS) is 11.8. The molecule has 0 unspecified atom stereocenters. The Hall–Kier alpha value is -2.04. The molecule has 0 aromatic heterocycles. The largest absolute Gasteiger partial charge is 0.484 e. The van der Waals surface area contributed by atoms with E-state index in [-0.39, 0.29) is 12.5 Å².